The van der Waals surface area contributed by atoms with Gasteiger partial charge in [0.1, 0.15) is 12.1 Å². The van der Waals surface area contributed by atoms with Crippen LogP contribution in [-0.4, -0.2) is 33.3 Å². The van der Waals surface area contributed by atoms with Crippen LogP contribution >= 0.6 is 11.6 Å². The van der Waals surface area contributed by atoms with Crippen LogP contribution in [0.1, 0.15) is 24.2 Å². The standard InChI is InChI=1S/C11H11ClN4O3/c1-7(2)15(6-4-13)11(17)8-3-5-14-10(12)9(8)16(18)19/h3,5,7H,6H2,1-2H3. The normalized spacial score (nSPS) is 10.1. The van der Waals surface area contributed by atoms with Crippen LogP contribution in [0.15, 0.2) is 12.3 Å². The fraction of sp³-hybridized carbons (Fsp3) is 0.364. The van der Waals surface area contributed by atoms with Crippen LogP contribution in [0.5, 0.6) is 0 Å². The molecule has 0 aromatic carbocycles. The van der Waals surface area contributed by atoms with Gasteiger partial charge >= 0.3 is 5.69 Å². The molecule has 1 amide bonds. The average molecular weight is 283 g/mol. The molecule has 0 fully saturated rings. The van der Waals surface area contributed by atoms with Crippen molar-refractivity contribution in [1.29, 1.82) is 5.26 Å². The van der Waals surface area contributed by atoms with Crippen molar-refractivity contribution in [2.24, 2.45) is 0 Å². The van der Waals surface area contributed by atoms with E-state index in [2.05, 4.69) is 4.98 Å². The molecule has 0 aliphatic carbocycles. The van der Waals surface area contributed by atoms with E-state index in [-0.39, 0.29) is 23.3 Å². The number of nitro groups is 1. The van der Waals surface area contributed by atoms with Crippen molar-refractivity contribution in [3.8, 4) is 6.07 Å². The molecule has 0 aliphatic rings. The molecule has 0 radical (unpaired) electrons. The number of nitrogens with zero attached hydrogens (tertiary/aromatic N) is 4. The molecule has 0 spiro atoms. The fourth-order valence-corrected chi connectivity index (χ4v) is 1.72. The van der Waals surface area contributed by atoms with Crippen LogP contribution in [0.25, 0.3) is 0 Å². The third-order valence-electron chi connectivity index (χ3n) is 2.42. The van der Waals surface area contributed by atoms with Crippen molar-refractivity contribution >= 4 is 23.2 Å². The Bertz CT molecular complexity index is 553. The maximum absolute atomic E-state index is 12.2. The van der Waals surface area contributed by atoms with Crippen molar-refractivity contribution in [2.75, 3.05) is 6.54 Å². The number of carbonyl (C=O) groups excluding carboxylic acids is 1. The van der Waals surface area contributed by atoms with Gasteiger partial charge in [-0.1, -0.05) is 11.6 Å². The summed E-state index contributed by atoms with van der Waals surface area (Å²) in [6.45, 7) is 3.27. The summed E-state index contributed by atoms with van der Waals surface area (Å²) in [5.41, 5.74) is -0.716. The quantitative estimate of drug-likeness (QED) is 0.364. The van der Waals surface area contributed by atoms with Gasteiger partial charge in [0, 0.05) is 12.2 Å². The van der Waals surface area contributed by atoms with E-state index in [0.29, 0.717) is 0 Å². The van der Waals surface area contributed by atoms with E-state index < -0.39 is 16.5 Å². The molecule has 1 aromatic rings. The highest BCUT2D eigenvalue weighted by Gasteiger charge is 2.29. The molecule has 0 atom stereocenters. The average Bonchev–Trinajstić information content (AvgIpc) is 2.33. The summed E-state index contributed by atoms with van der Waals surface area (Å²) in [6.07, 6.45) is 1.22. The number of hydrogen-bond donors (Lipinski definition) is 0. The summed E-state index contributed by atoms with van der Waals surface area (Å²) < 4.78 is 0. The van der Waals surface area contributed by atoms with Crippen LogP contribution in [-0.2, 0) is 0 Å². The molecule has 19 heavy (non-hydrogen) atoms. The largest absolute Gasteiger partial charge is 0.323 e. The predicted molar refractivity (Wildman–Crippen MR) is 67.7 cm³/mol. The van der Waals surface area contributed by atoms with Crippen LogP contribution in [0.3, 0.4) is 0 Å². The topological polar surface area (TPSA) is 100 Å². The first-order valence-corrected chi connectivity index (χ1v) is 5.74. The Morgan fingerprint density at radius 3 is 2.79 bits per heavy atom. The van der Waals surface area contributed by atoms with Gasteiger partial charge in [0.05, 0.1) is 11.0 Å². The Hall–Kier alpha value is -2.20. The van der Waals surface area contributed by atoms with E-state index in [4.69, 9.17) is 16.9 Å². The van der Waals surface area contributed by atoms with E-state index in [9.17, 15) is 14.9 Å². The van der Waals surface area contributed by atoms with E-state index in [0.717, 1.165) is 0 Å². The minimum atomic E-state index is -0.757. The molecule has 0 unspecified atom stereocenters. The van der Waals surface area contributed by atoms with Gasteiger partial charge in [-0.3, -0.25) is 14.9 Å². The Kier molecular flexibility index (Phi) is 4.78. The number of halogens is 1. The van der Waals surface area contributed by atoms with Gasteiger partial charge in [-0.15, -0.1) is 0 Å². The predicted octanol–water partition coefficient (Wildman–Crippen LogP) is 2.02. The minimum Gasteiger partial charge on any atom is -0.323 e. The van der Waals surface area contributed by atoms with Crippen LogP contribution in [0.4, 0.5) is 5.69 Å². The first-order valence-electron chi connectivity index (χ1n) is 5.37. The molecule has 0 saturated carbocycles. The van der Waals surface area contributed by atoms with Crippen LogP contribution in [0, 0.1) is 21.4 Å². The van der Waals surface area contributed by atoms with Crippen molar-refractivity contribution < 1.29 is 9.72 Å². The summed E-state index contributed by atoms with van der Waals surface area (Å²) in [6, 6.07) is 2.81. The lowest BCUT2D eigenvalue weighted by Crippen LogP contribution is -2.37. The second kappa shape index (κ2) is 6.11. The van der Waals surface area contributed by atoms with Gasteiger partial charge in [0.2, 0.25) is 5.15 Å². The van der Waals surface area contributed by atoms with E-state index in [1.54, 1.807) is 13.8 Å². The molecule has 0 N–H and O–H groups in total. The Balaban J connectivity index is 3.30. The zero-order chi connectivity index (χ0) is 14.6. The van der Waals surface area contributed by atoms with Gasteiger partial charge < -0.3 is 4.90 Å². The zero-order valence-electron chi connectivity index (χ0n) is 10.3. The third-order valence-corrected chi connectivity index (χ3v) is 2.69. The van der Waals surface area contributed by atoms with Gasteiger partial charge in [-0.05, 0) is 19.9 Å². The number of carbonyl (C=O) groups is 1. The van der Waals surface area contributed by atoms with Crippen molar-refractivity contribution in [3.63, 3.8) is 0 Å². The maximum Gasteiger partial charge on any atom is 0.319 e. The number of nitriles is 1. The van der Waals surface area contributed by atoms with Gasteiger partial charge in [0.15, 0.2) is 0 Å². The fourth-order valence-electron chi connectivity index (χ4n) is 1.49. The second-order valence-electron chi connectivity index (χ2n) is 3.94. The highest BCUT2D eigenvalue weighted by Crippen LogP contribution is 2.27. The lowest BCUT2D eigenvalue weighted by atomic mass is 10.1. The summed E-state index contributed by atoms with van der Waals surface area (Å²) in [4.78, 5) is 27.2. The van der Waals surface area contributed by atoms with E-state index in [1.165, 1.54) is 17.2 Å². The molecular formula is C11H11ClN4O3. The number of hydrogen-bond acceptors (Lipinski definition) is 5. The minimum absolute atomic E-state index is 0.159. The molecule has 100 valence electrons. The number of pyridine rings is 1. The molecule has 0 bridgehead atoms. The van der Waals surface area contributed by atoms with E-state index in [1.807, 2.05) is 6.07 Å². The van der Waals surface area contributed by atoms with E-state index >= 15 is 0 Å². The molecule has 1 aromatic heterocycles. The van der Waals surface area contributed by atoms with Crippen molar-refractivity contribution in [3.05, 3.63) is 33.1 Å². The van der Waals surface area contributed by atoms with Crippen molar-refractivity contribution in [1.82, 2.24) is 9.88 Å². The molecule has 0 aliphatic heterocycles. The Morgan fingerprint density at radius 2 is 2.32 bits per heavy atom. The number of rotatable bonds is 4. The first-order chi connectivity index (χ1) is 8.90. The molecule has 7 nitrogen and oxygen atoms in total. The summed E-state index contributed by atoms with van der Waals surface area (Å²) in [5.74, 6) is -0.618. The smallest absolute Gasteiger partial charge is 0.319 e. The summed E-state index contributed by atoms with van der Waals surface area (Å²) in [7, 11) is 0. The van der Waals surface area contributed by atoms with Crippen molar-refractivity contribution in [2.45, 2.75) is 19.9 Å². The lowest BCUT2D eigenvalue weighted by molar-refractivity contribution is -0.385. The lowest BCUT2D eigenvalue weighted by Gasteiger charge is -2.23. The Morgan fingerprint density at radius 1 is 1.68 bits per heavy atom. The SMILES string of the molecule is CC(C)N(CC#N)C(=O)c1ccnc(Cl)c1[N+](=O)[O-]. The molecule has 8 heteroatoms. The zero-order valence-corrected chi connectivity index (χ0v) is 11.1. The van der Waals surface area contributed by atoms with Gasteiger partial charge in [0.25, 0.3) is 5.91 Å². The van der Waals surface area contributed by atoms with Gasteiger partial charge in [-0.25, -0.2) is 4.98 Å². The molecule has 1 rings (SSSR count). The van der Waals surface area contributed by atoms with Gasteiger partial charge in [-0.2, -0.15) is 5.26 Å². The monoisotopic (exact) mass is 282 g/mol. The summed E-state index contributed by atoms with van der Waals surface area (Å²) >= 11 is 5.64. The second-order valence-corrected chi connectivity index (χ2v) is 4.30. The molecule has 1 heterocycles. The molecular weight excluding hydrogens is 272 g/mol. The number of amides is 1. The highest BCUT2D eigenvalue weighted by atomic mass is 35.5. The Labute approximate surface area is 114 Å². The summed E-state index contributed by atoms with van der Waals surface area (Å²) in [5, 5.41) is 19.3. The first kappa shape index (κ1) is 14.9. The van der Waals surface area contributed by atoms with Crippen LogP contribution in [0.2, 0.25) is 5.15 Å². The highest BCUT2D eigenvalue weighted by molar-refractivity contribution is 6.32. The maximum atomic E-state index is 12.2. The number of aromatic nitrogens is 1. The van der Waals surface area contributed by atoms with Crippen LogP contribution < -0.4 is 0 Å². The molecule has 0 saturated heterocycles. The third kappa shape index (κ3) is 3.17.